The molecule has 0 fully saturated rings. The Morgan fingerprint density at radius 3 is 2.77 bits per heavy atom. The lowest BCUT2D eigenvalue weighted by atomic mass is 10.2. The zero-order chi connectivity index (χ0) is 18.7. The molecular weight excluding hydrogens is 373 g/mol. The van der Waals surface area contributed by atoms with Crippen LogP contribution in [-0.4, -0.2) is 51.1 Å². The number of benzene rings is 1. The van der Waals surface area contributed by atoms with Gasteiger partial charge in [0.1, 0.15) is 11.3 Å². The average molecular weight is 394 g/mol. The summed E-state index contributed by atoms with van der Waals surface area (Å²) in [6, 6.07) is 7.27. The quantitative estimate of drug-likeness (QED) is 0.635. The Hall–Kier alpha value is -2.09. The Balaban J connectivity index is 1.73. The molecule has 0 aliphatic heterocycles. The van der Waals surface area contributed by atoms with Crippen LogP contribution in [-0.2, 0) is 0 Å². The van der Waals surface area contributed by atoms with Gasteiger partial charge in [-0.1, -0.05) is 24.6 Å². The highest BCUT2D eigenvalue weighted by Gasteiger charge is 2.13. The lowest BCUT2D eigenvalue weighted by molar-refractivity contribution is 0.347. The number of anilines is 3. The maximum Gasteiger partial charge on any atom is 0.231 e. The summed E-state index contributed by atoms with van der Waals surface area (Å²) in [4.78, 5) is 15.3. The summed E-state index contributed by atoms with van der Waals surface area (Å²) in [5.41, 5.74) is 1.34. The van der Waals surface area contributed by atoms with Gasteiger partial charge >= 0.3 is 0 Å². The second kappa shape index (κ2) is 8.07. The molecule has 0 saturated heterocycles. The number of hydrogen-bond donors (Lipinski definition) is 2. The van der Waals surface area contributed by atoms with E-state index in [9.17, 15) is 0 Å². The molecule has 0 amide bonds. The van der Waals surface area contributed by atoms with E-state index in [1.165, 1.54) is 4.09 Å². The van der Waals surface area contributed by atoms with Crippen molar-refractivity contribution in [2.45, 2.75) is 6.92 Å². The van der Waals surface area contributed by atoms with Gasteiger partial charge < -0.3 is 10.2 Å². The Labute approximate surface area is 162 Å². The third-order valence-electron chi connectivity index (χ3n) is 3.77. The van der Waals surface area contributed by atoms with Crippen LogP contribution in [0.4, 0.5) is 17.7 Å². The third kappa shape index (κ3) is 4.35. The second-order valence-corrected chi connectivity index (χ2v) is 7.21. The van der Waals surface area contributed by atoms with Crippen LogP contribution in [0.5, 0.6) is 0 Å². The van der Waals surface area contributed by atoms with Crippen molar-refractivity contribution in [3.63, 3.8) is 0 Å². The van der Waals surface area contributed by atoms with E-state index in [1.54, 1.807) is 12.3 Å². The van der Waals surface area contributed by atoms with E-state index in [0.29, 0.717) is 33.9 Å². The summed E-state index contributed by atoms with van der Waals surface area (Å²) >= 11 is 12.5. The van der Waals surface area contributed by atoms with Crippen LogP contribution in [0, 0.1) is 5.92 Å². The van der Waals surface area contributed by atoms with Crippen molar-refractivity contribution >= 4 is 52.1 Å². The van der Waals surface area contributed by atoms with Crippen molar-refractivity contribution < 1.29 is 0 Å². The average Bonchev–Trinajstić information content (AvgIpc) is 2.91. The molecule has 0 radical (unpaired) electrons. The van der Waals surface area contributed by atoms with Gasteiger partial charge in [-0.05, 0) is 38.2 Å². The van der Waals surface area contributed by atoms with Gasteiger partial charge in [0.05, 0.1) is 10.5 Å². The molecule has 2 N–H and O–H groups in total. The van der Waals surface area contributed by atoms with E-state index in [4.69, 9.17) is 23.4 Å². The molecule has 9 heteroatoms. The summed E-state index contributed by atoms with van der Waals surface area (Å²) in [6.45, 7) is 4.01. The lowest BCUT2D eigenvalue weighted by Gasteiger charge is -2.17. The van der Waals surface area contributed by atoms with Gasteiger partial charge in [0.25, 0.3) is 0 Å². The van der Waals surface area contributed by atoms with Crippen molar-refractivity contribution in [1.82, 2.24) is 23.9 Å². The minimum Gasteiger partial charge on any atom is -0.370 e. The van der Waals surface area contributed by atoms with Gasteiger partial charge in [0.15, 0.2) is 0 Å². The Morgan fingerprint density at radius 1 is 1.23 bits per heavy atom. The molecular formula is C17H21Cl2N7. The first-order valence-corrected chi connectivity index (χ1v) is 8.97. The topological polar surface area (TPSA) is 70.9 Å². The molecule has 0 aliphatic rings. The molecule has 2 heterocycles. The summed E-state index contributed by atoms with van der Waals surface area (Å²) in [6.07, 6.45) is 1.68. The van der Waals surface area contributed by atoms with Crippen LogP contribution in [0.3, 0.4) is 0 Å². The van der Waals surface area contributed by atoms with Crippen LogP contribution in [0.15, 0.2) is 30.5 Å². The molecule has 2 aromatic heterocycles. The molecule has 0 bridgehead atoms. The van der Waals surface area contributed by atoms with Crippen LogP contribution < -0.4 is 10.6 Å². The van der Waals surface area contributed by atoms with Crippen LogP contribution in [0.1, 0.15) is 6.92 Å². The summed E-state index contributed by atoms with van der Waals surface area (Å²) in [7, 11) is 4.13. The first kappa shape index (κ1) is 18.7. The van der Waals surface area contributed by atoms with Crippen molar-refractivity contribution in [3.8, 4) is 0 Å². The molecule has 0 saturated carbocycles. The molecule has 3 rings (SSSR count). The van der Waals surface area contributed by atoms with Gasteiger partial charge in [-0.25, -0.2) is 14.1 Å². The molecule has 138 valence electrons. The molecule has 1 aromatic carbocycles. The number of fused-ring (bicyclic) bond motifs is 1. The van der Waals surface area contributed by atoms with Crippen LogP contribution >= 0.6 is 23.4 Å². The van der Waals surface area contributed by atoms with E-state index < -0.39 is 0 Å². The summed E-state index contributed by atoms with van der Waals surface area (Å²) in [5.74, 6) is 2.05. The first-order chi connectivity index (χ1) is 12.4. The number of aromatic nitrogens is 4. The number of halogens is 2. The molecule has 26 heavy (non-hydrogen) atoms. The van der Waals surface area contributed by atoms with Crippen molar-refractivity contribution in [2.75, 3.05) is 37.8 Å². The number of nitrogens with zero attached hydrogens (tertiary/aromatic N) is 5. The summed E-state index contributed by atoms with van der Waals surface area (Å²) in [5, 5.41) is 6.91. The summed E-state index contributed by atoms with van der Waals surface area (Å²) < 4.78 is 1.41. The van der Waals surface area contributed by atoms with Gasteiger partial charge in [0, 0.05) is 31.1 Å². The number of imidazole rings is 1. The number of para-hydroxylation sites is 1. The SMILES string of the molecule is CC(CNc1ccnc(Nc2nc3c(Cl)cccc3n2Cl)n1)CN(C)C. The minimum atomic E-state index is 0.406. The Kier molecular flexibility index (Phi) is 5.80. The van der Waals surface area contributed by atoms with E-state index in [2.05, 4.69) is 51.5 Å². The zero-order valence-corrected chi connectivity index (χ0v) is 16.4. The molecule has 3 aromatic rings. The predicted molar refractivity (Wildman–Crippen MR) is 108 cm³/mol. The monoisotopic (exact) mass is 393 g/mol. The van der Waals surface area contributed by atoms with Gasteiger partial charge in [-0.2, -0.15) is 4.98 Å². The Morgan fingerprint density at radius 2 is 2.04 bits per heavy atom. The highest BCUT2D eigenvalue weighted by molar-refractivity contribution is 6.35. The molecule has 7 nitrogen and oxygen atoms in total. The van der Waals surface area contributed by atoms with Gasteiger partial charge in [0.2, 0.25) is 11.9 Å². The number of nitrogens with one attached hydrogen (secondary N) is 2. The highest BCUT2D eigenvalue weighted by Crippen LogP contribution is 2.28. The minimum absolute atomic E-state index is 0.406. The number of rotatable bonds is 7. The second-order valence-electron chi connectivity index (χ2n) is 6.46. The first-order valence-electron chi connectivity index (χ1n) is 8.26. The van der Waals surface area contributed by atoms with E-state index in [0.717, 1.165) is 18.9 Å². The van der Waals surface area contributed by atoms with Gasteiger partial charge in [-0.3, -0.25) is 5.32 Å². The Bertz CT molecular complexity index is 894. The maximum atomic E-state index is 6.33. The largest absolute Gasteiger partial charge is 0.370 e. The third-order valence-corrected chi connectivity index (χ3v) is 4.42. The fraction of sp³-hybridized carbons (Fsp3) is 0.353. The molecule has 1 unspecified atom stereocenters. The smallest absolute Gasteiger partial charge is 0.231 e. The van der Waals surface area contributed by atoms with Crippen LogP contribution in [0.2, 0.25) is 5.02 Å². The number of hydrogen-bond acceptors (Lipinski definition) is 6. The standard InChI is InChI=1S/C17H21Cl2N7/c1-11(10-25(2)3)9-21-14-7-8-20-16(22-14)24-17-23-15-12(18)5-4-6-13(15)26(17)19/h4-8,11H,9-10H2,1-3H3,(H2,20,21,22,23,24). The van der Waals surface area contributed by atoms with E-state index in [1.807, 2.05) is 18.2 Å². The van der Waals surface area contributed by atoms with Crippen molar-refractivity contribution in [1.29, 1.82) is 0 Å². The molecule has 0 spiro atoms. The normalized spacial score (nSPS) is 12.5. The van der Waals surface area contributed by atoms with Gasteiger partial charge in [-0.15, -0.1) is 0 Å². The molecule has 0 aliphatic carbocycles. The fourth-order valence-corrected chi connectivity index (χ4v) is 3.13. The highest BCUT2D eigenvalue weighted by atomic mass is 35.5. The van der Waals surface area contributed by atoms with E-state index >= 15 is 0 Å². The van der Waals surface area contributed by atoms with Crippen LogP contribution in [0.25, 0.3) is 11.0 Å². The maximum absolute atomic E-state index is 6.33. The lowest BCUT2D eigenvalue weighted by Crippen LogP contribution is -2.25. The van der Waals surface area contributed by atoms with E-state index in [-0.39, 0.29) is 0 Å². The molecule has 1 atom stereocenters. The van der Waals surface area contributed by atoms with Crippen molar-refractivity contribution in [3.05, 3.63) is 35.5 Å². The predicted octanol–water partition coefficient (Wildman–Crippen LogP) is 3.83. The fourth-order valence-electron chi connectivity index (χ4n) is 2.70. The van der Waals surface area contributed by atoms with Crippen molar-refractivity contribution in [2.24, 2.45) is 5.92 Å². The zero-order valence-electron chi connectivity index (χ0n) is 14.9.